The lowest BCUT2D eigenvalue weighted by atomic mass is 10.1. The van der Waals surface area contributed by atoms with Gasteiger partial charge in [0.1, 0.15) is 5.65 Å². The van der Waals surface area contributed by atoms with Crippen LogP contribution in [0.3, 0.4) is 0 Å². The highest BCUT2D eigenvalue weighted by Crippen LogP contribution is 2.12. The molecule has 2 heteroatoms. The quantitative estimate of drug-likeness (QED) is 0.748. The first-order valence-corrected chi connectivity index (χ1v) is 4.69. The molecule has 2 heterocycles. The molecule has 13 heavy (non-hydrogen) atoms. The van der Waals surface area contributed by atoms with E-state index in [1.807, 2.05) is 12.3 Å². The van der Waals surface area contributed by atoms with Crippen molar-refractivity contribution in [3.05, 3.63) is 30.1 Å². The van der Waals surface area contributed by atoms with Gasteiger partial charge in [-0.3, -0.25) is 0 Å². The number of nitrogens with one attached hydrogen (secondary N) is 1. The zero-order chi connectivity index (χ0) is 9.26. The molecule has 2 rings (SSSR count). The maximum Gasteiger partial charge on any atom is 0.137 e. The Kier molecular flexibility index (Phi) is 2.05. The van der Waals surface area contributed by atoms with E-state index in [4.69, 9.17) is 0 Å². The number of aromatic nitrogens is 2. The van der Waals surface area contributed by atoms with Gasteiger partial charge in [0.2, 0.25) is 0 Å². The fraction of sp³-hybridized carbons (Fsp3) is 0.364. The van der Waals surface area contributed by atoms with Crippen LogP contribution in [0.4, 0.5) is 0 Å². The molecule has 0 amide bonds. The molecule has 0 saturated heterocycles. The summed E-state index contributed by atoms with van der Waals surface area (Å²) in [6.07, 6.45) is 2.98. The average Bonchev–Trinajstić information content (AvgIpc) is 2.49. The maximum atomic E-state index is 4.52. The van der Waals surface area contributed by atoms with E-state index in [1.165, 1.54) is 11.1 Å². The summed E-state index contributed by atoms with van der Waals surface area (Å²) >= 11 is 0. The summed E-state index contributed by atoms with van der Waals surface area (Å²) < 4.78 is 0. The molecular formula is C11H16N2. The van der Waals surface area contributed by atoms with Crippen molar-refractivity contribution in [2.24, 2.45) is 5.92 Å². The number of pyridine rings is 1. The molecule has 1 N–H and O–H groups in total. The van der Waals surface area contributed by atoms with Crippen molar-refractivity contribution >= 4 is 11.0 Å². The van der Waals surface area contributed by atoms with E-state index >= 15 is 0 Å². The second kappa shape index (κ2) is 3.21. The molecule has 0 aliphatic carbocycles. The van der Waals surface area contributed by atoms with Crippen LogP contribution in [0.15, 0.2) is 24.4 Å². The highest BCUT2D eigenvalue weighted by atomic mass is 14.8. The van der Waals surface area contributed by atoms with Crippen molar-refractivity contribution in [1.29, 1.82) is 0 Å². The van der Waals surface area contributed by atoms with Crippen molar-refractivity contribution in [2.75, 3.05) is 0 Å². The van der Waals surface area contributed by atoms with Crippen LogP contribution in [-0.4, -0.2) is 9.97 Å². The molecular weight excluding hydrogens is 160 g/mol. The molecule has 0 fully saturated rings. The molecule has 0 spiro atoms. The zero-order valence-electron chi connectivity index (χ0n) is 8.04. The molecule has 0 aliphatic rings. The Morgan fingerprint density at radius 1 is 1.38 bits per heavy atom. The second-order valence-electron chi connectivity index (χ2n) is 3.82. The number of nitrogens with zero attached hydrogens (tertiary/aromatic N) is 1. The summed E-state index contributed by atoms with van der Waals surface area (Å²) in [6, 6.07) is 6.27. The standard InChI is InChI=1S/C11H14N2.H2/c1-8(2)7-10-4-3-9-5-6-12-11(9)13-10;/h3-6,8H,7H2,1-2H3,(H,12,13);1H. The molecule has 2 aromatic heterocycles. The molecule has 0 aliphatic heterocycles. The molecule has 2 aromatic rings. The Bertz CT molecular complexity index is 406. The lowest BCUT2D eigenvalue weighted by Gasteiger charge is -2.03. The van der Waals surface area contributed by atoms with Crippen molar-refractivity contribution in [1.82, 2.24) is 9.97 Å². The van der Waals surface area contributed by atoms with Crippen LogP contribution in [0.5, 0.6) is 0 Å². The number of hydrogen-bond donors (Lipinski definition) is 1. The highest BCUT2D eigenvalue weighted by Gasteiger charge is 2.01. The van der Waals surface area contributed by atoms with Gasteiger partial charge in [0.25, 0.3) is 0 Å². The third-order valence-electron chi connectivity index (χ3n) is 2.08. The second-order valence-corrected chi connectivity index (χ2v) is 3.82. The van der Waals surface area contributed by atoms with E-state index in [2.05, 4.69) is 35.9 Å². The molecule has 0 radical (unpaired) electrons. The van der Waals surface area contributed by atoms with Crippen LogP contribution in [0.1, 0.15) is 21.0 Å². The van der Waals surface area contributed by atoms with E-state index < -0.39 is 0 Å². The Labute approximate surface area is 79.5 Å². The lowest BCUT2D eigenvalue weighted by Crippen LogP contribution is -1.96. The van der Waals surface area contributed by atoms with E-state index in [-0.39, 0.29) is 1.43 Å². The monoisotopic (exact) mass is 176 g/mol. The first-order valence-electron chi connectivity index (χ1n) is 4.69. The number of rotatable bonds is 2. The molecule has 0 unspecified atom stereocenters. The molecule has 0 aromatic carbocycles. The Hall–Kier alpha value is -1.31. The van der Waals surface area contributed by atoms with Crippen LogP contribution >= 0.6 is 0 Å². The van der Waals surface area contributed by atoms with E-state index in [0.29, 0.717) is 5.92 Å². The predicted octanol–water partition coefficient (Wildman–Crippen LogP) is 3.01. The SMILES string of the molecule is CC(C)Cc1ccc2cc[nH]c2n1.[HH]. The van der Waals surface area contributed by atoms with Crippen molar-refractivity contribution < 1.29 is 1.43 Å². The van der Waals surface area contributed by atoms with Crippen molar-refractivity contribution in [3.8, 4) is 0 Å². The summed E-state index contributed by atoms with van der Waals surface area (Å²) in [6.45, 7) is 4.42. The van der Waals surface area contributed by atoms with Crippen LogP contribution in [-0.2, 0) is 6.42 Å². The minimum absolute atomic E-state index is 0. The minimum atomic E-state index is 0. The highest BCUT2D eigenvalue weighted by molar-refractivity contribution is 5.75. The predicted molar refractivity (Wildman–Crippen MR) is 56.7 cm³/mol. The first-order chi connectivity index (χ1) is 6.25. The van der Waals surface area contributed by atoms with Crippen LogP contribution in [0.25, 0.3) is 11.0 Å². The molecule has 70 valence electrons. The van der Waals surface area contributed by atoms with Gasteiger partial charge in [-0.1, -0.05) is 13.8 Å². The Balaban J connectivity index is 0.000000980. The summed E-state index contributed by atoms with van der Waals surface area (Å²) in [5, 5.41) is 1.19. The van der Waals surface area contributed by atoms with Gasteiger partial charge < -0.3 is 4.98 Å². The summed E-state index contributed by atoms with van der Waals surface area (Å²) in [4.78, 5) is 7.64. The molecule has 0 saturated carbocycles. The first kappa shape index (κ1) is 8.30. The third kappa shape index (κ3) is 1.72. The van der Waals surface area contributed by atoms with Gasteiger partial charge in [-0.15, -0.1) is 0 Å². The smallest absolute Gasteiger partial charge is 0.137 e. The van der Waals surface area contributed by atoms with Crippen LogP contribution in [0.2, 0.25) is 0 Å². The van der Waals surface area contributed by atoms with Crippen LogP contribution in [0, 0.1) is 5.92 Å². The number of hydrogen-bond acceptors (Lipinski definition) is 1. The number of fused-ring (bicyclic) bond motifs is 1. The maximum absolute atomic E-state index is 4.52. The van der Waals surface area contributed by atoms with Crippen LogP contribution < -0.4 is 0 Å². The lowest BCUT2D eigenvalue weighted by molar-refractivity contribution is 0.637. The van der Waals surface area contributed by atoms with Crippen molar-refractivity contribution in [3.63, 3.8) is 0 Å². The largest absolute Gasteiger partial charge is 0.346 e. The topological polar surface area (TPSA) is 28.7 Å². The van der Waals surface area contributed by atoms with Gasteiger partial charge >= 0.3 is 0 Å². The van der Waals surface area contributed by atoms with Crippen molar-refractivity contribution in [2.45, 2.75) is 20.3 Å². The number of aromatic amines is 1. The fourth-order valence-corrected chi connectivity index (χ4v) is 1.50. The van der Waals surface area contributed by atoms with Gasteiger partial charge in [-0.2, -0.15) is 0 Å². The third-order valence-corrected chi connectivity index (χ3v) is 2.08. The van der Waals surface area contributed by atoms with E-state index in [9.17, 15) is 0 Å². The number of H-pyrrole nitrogens is 1. The summed E-state index contributed by atoms with van der Waals surface area (Å²) in [5.74, 6) is 0.667. The Morgan fingerprint density at radius 3 is 3.00 bits per heavy atom. The van der Waals surface area contributed by atoms with E-state index in [0.717, 1.165) is 12.1 Å². The van der Waals surface area contributed by atoms with Gasteiger partial charge in [0.15, 0.2) is 0 Å². The van der Waals surface area contributed by atoms with Gasteiger partial charge in [0.05, 0.1) is 0 Å². The molecule has 0 bridgehead atoms. The molecule has 0 atom stereocenters. The Morgan fingerprint density at radius 2 is 2.23 bits per heavy atom. The van der Waals surface area contributed by atoms with Gasteiger partial charge in [-0.05, 0) is 30.5 Å². The fourth-order valence-electron chi connectivity index (χ4n) is 1.50. The molecule has 2 nitrogen and oxygen atoms in total. The summed E-state index contributed by atoms with van der Waals surface area (Å²) in [7, 11) is 0. The minimum Gasteiger partial charge on any atom is -0.346 e. The summed E-state index contributed by atoms with van der Waals surface area (Å²) in [5.41, 5.74) is 2.17. The zero-order valence-corrected chi connectivity index (χ0v) is 8.04. The average molecular weight is 176 g/mol. The van der Waals surface area contributed by atoms with E-state index in [1.54, 1.807) is 0 Å². The van der Waals surface area contributed by atoms with Gasteiger partial charge in [0, 0.05) is 18.7 Å². The normalized spacial score (nSPS) is 11.3. The van der Waals surface area contributed by atoms with Gasteiger partial charge in [-0.25, -0.2) is 4.98 Å².